The van der Waals surface area contributed by atoms with Crippen molar-refractivity contribution in [3.63, 3.8) is 0 Å². The van der Waals surface area contributed by atoms with Crippen molar-refractivity contribution >= 4 is 17.5 Å². The van der Waals surface area contributed by atoms with Gasteiger partial charge in [-0.1, -0.05) is 41.9 Å². The molecule has 3 aliphatic rings. The first-order valence-corrected chi connectivity index (χ1v) is 9.81. The van der Waals surface area contributed by atoms with Crippen molar-refractivity contribution in [1.82, 2.24) is 9.80 Å². The molecule has 0 saturated carbocycles. The van der Waals surface area contributed by atoms with Gasteiger partial charge >= 0.3 is 0 Å². The Hall–Kier alpha value is -1.84. The summed E-state index contributed by atoms with van der Waals surface area (Å²) in [4.78, 5) is 17.8. The molecule has 0 spiro atoms. The number of aryl methyl sites for hydroxylation is 1. The van der Waals surface area contributed by atoms with E-state index in [4.69, 9.17) is 11.6 Å². The molecule has 4 heteroatoms. The smallest absolute Gasteiger partial charge is 0.254 e. The summed E-state index contributed by atoms with van der Waals surface area (Å²) in [5, 5.41) is 0.716. The van der Waals surface area contributed by atoms with Crippen LogP contribution in [0, 0.1) is 12.8 Å². The molecule has 2 aromatic rings. The lowest BCUT2D eigenvalue weighted by molar-refractivity contribution is 0.0585. The van der Waals surface area contributed by atoms with E-state index in [0.717, 1.165) is 43.7 Å². The van der Waals surface area contributed by atoms with Gasteiger partial charge in [-0.3, -0.25) is 9.69 Å². The second kappa shape index (κ2) is 7.42. The van der Waals surface area contributed by atoms with E-state index in [0.29, 0.717) is 17.0 Å². The summed E-state index contributed by atoms with van der Waals surface area (Å²) < 4.78 is 0. The number of amides is 1. The van der Waals surface area contributed by atoms with Gasteiger partial charge in [0.05, 0.1) is 0 Å². The van der Waals surface area contributed by atoms with Gasteiger partial charge in [-0.15, -0.1) is 0 Å². The average Bonchev–Trinajstić information content (AvgIpc) is 2.95. The summed E-state index contributed by atoms with van der Waals surface area (Å²) >= 11 is 6.12. The zero-order chi connectivity index (χ0) is 18.1. The van der Waals surface area contributed by atoms with Gasteiger partial charge in [-0.05, 0) is 55.0 Å². The molecule has 3 heterocycles. The van der Waals surface area contributed by atoms with Crippen molar-refractivity contribution in [3.8, 4) is 0 Å². The standard InChI is InChI=1S/C22H25ClN2O/c1-16-11-19(8-10-21(16)23)22(26)25-14-18-7-9-20(25)15-24(13-18)12-17-5-3-2-4-6-17/h2-6,8,10-11,18,20H,7,9,12-15H2,1H3/t18-,20+/m0/s1. The minimum absolute atomic E-state index is 0.154. The molecule has 0 unspecified atom stereocenters. The number of carbonyl (C=O) groups is 1. The Morgan fingerprint density at radius 1 is 1.08 bits per heavy atom. The summed E-state index contributed by atoms with van der Waals surface area (Å²) in [6.45, 7) is 5.83. The van der Waals surface area contributed by atoms with Crippen molar-refractivity contribution in [3.05, 3.63) is 70.2 Å². The third-order valence-electron chi connectivity index (χ3n) is 5.70. The number of halogens is 1. The first kappa shape index (κ1) is 17.6. The highest BCUT2D eigenvalue weighted by atomic mass is 35.5. The minimum atomic E-state index is 0.154. The van der Waals surface area contributed by atoms with E-state index in [1.165, 1.54) is 12.0 Å². The number of fused-ring (bicyclic) bond motifs is 4. The van der Waals surface area contributed by atoms with E-state index in [-0.39, 0.29) is 5.91 Å². The topological polar surface area (TPSA) is 23.6 Å². The number of hydrogen-bond acceptors (Lipinski definition) is 2. The molecular formula is C22H25ClN2O. The van der Waals surface area contributed by atoms with Crippen LogP contribution in [-0.2, 0) is 6.54 Å². The first-order valence-electron chi connectivity index (χ1n) is 9.43. The first-order chi connectivity index (χ1) is 12.6. The van der Waals surface area contributed by atoms with E-state index in [2.05, 4.69) is 40.1 Å². The molecule has 1 amide bonds. The largest absolute Gasteiger partial charge is 0.334 e. The van der Waals surface area contributed by atoms with E-state index in [9.17, 15) is 4.79 Å². The molecule has 2 bridgehead atoms. The van der Waals surface area contributed by atoms with E-state index < -0.39 is 0 Å². The predicted molar refractivity (Wildman–Crippen MR) is 105 cm³/mol. The molecule has 136 valence electrons. The lowest BCUT2D eigenvalue weighted by Gasteiger charge is -2.36. The van der Waals surface area contributed by atoms with Gasteiger partial charge in [-0.2, -0.15) is 0 Å². The summed E-state index contributed by atoms with van der Waals surface area (Å²) in [5.74, 6) is 0.718. The fourth-order valence-electron chi connectivity index (χ4n) is 4.34. The van der Waals surface area contributed by atoms with Crippen molar-refractivity contribution < 1.29 is 4.79 Å². The van der Waals surface area contributed by atoms with Gasteiger partial charge in [0.2, 0.25) is 0 Å². The lowest BCUT2D eigenvalue weighted by Crippen LogP contribution is -2.47. The number of rotatable bonds is 3. The maximum atomic E-state index is 13.1. The summed E-state index contributed by atoms with van der Waals surface area (Å²) in [7, 11) is 0. The molecule has 0 aliphatic carbocycles. The van der Waals surface area contributed by atoms with Crippen LogP contribution in [0.1, 0.15) is 34.3 Å². The van der Waals surface area contributed by atoms with Crippen molar-refractivity contribution in [2.75, 3.05) is 19.6 Å². The van der Waals surface area contributed by atoms with Crippen LogP contribution in [0.2, 0.25) is 5.02 Å². The Morgan fingerprint density at radius 2 is 1.88 bits per heavy atom. The van der Waals surface area contributed by atoms with E-state index in [1.54, 1.807) is 0 Å². The lowest BCUT2D eigenvalue weighted by atomic mass is 9.94. The molecule has 3 aliphatic heterocycles. The minimum Gasteiger partial charge on any atom is -0.334 e. The Balaban J connectivity index is 1.51. The van der Waals surface area contributed by atoms with Crippen molar-refractivity contribution in [1.29, 1.82) is 0 Å². The second-order valence-corrected chi connectivity index (χ2v) is 8.11. The maximum absolute atomic E-state index is 13.1. The van der Waals surface area contributed by atoms with Crippen LogP contribution in [0.15, 0.2) is 48.5 Å². The quantitative estimate of drug-likeness (QED) is 0.802. The summed E-state index contributed by atoms with van der Waals surface area (Å²) in [6.07, 6.45) is 2.33. The molecule has 3 saturated heterocycles. The Kier molecular flexibility index (Phi) is 5.01. The Labute approximate surface area is 160 Å². The second-order valence-electron chi connectivity index (χ2n) is 7.70. The maximum Gasteiger partial charge on any atom is 0.254 e. The predicted octanol–water partition coefficient (Wildman–Crippen LogP) is 4.39. The molecule has 26 heavy (non-hydrogen) atoms. The van der Waals surface area contributed by atoms with Crippen LogP contribution in [0.3, 0.4) is 0 Å². The molecule has 2 aromatic carbocycles. The van der Waals surface area contributed by atoms with Crippen molar-refractivity contribution in [2.45, 2.75) is 32.4 Å². The van der Waals surface area contributed by atoms with Crippen LogP contribution < -0.4 is 0 Å². The van der Waals surface area contributed by atoms with Gasteiger partial charge in [0, 0.05) is 42.8 Å². The average molecular weight is 369 g/mol. The van der Waals surface area contributed by atoms with Crippen LogP contribution >= 0.6 is 11.6 Å². The van der Waals surface area contributed by atoms with Gasteiger partial charge in [0.1, 0.15) is 0 Å². The van der Waals surface area contributed by atoms with Crippen LogP contribution in [0.25, 0.3) is 0 Å². The molecule has 3 fully saturated rings. The highest BCUT2D eigenvalue weighted by molar-refractivity contribution is 6.31. The summed E-state index contributed by atoms with van der Waals surface area (Å²) in [5.41, 5.74) is 3.07. The third kappa shape index (κ3) is 3.65. The SMILES string of the molecule is Cc1cc(C(=O)N2C[C@H]3CC[C@@H]2CN(Cc2ccccc2)C3)ccc1Cl. The fourth-order valence-corrected chi connectivity index (χ4v) is 4.46. The van der Waals surface area contributed by atoms with Crippen LogP contribution in [0.5, 0.6) is 0 Å². The Bertz CT molecular complexity index is 792. The fraction of sp³-hybridized carbons (Fsp3) is 0.409. The third-order valence-corrected chi connectivity index (χ3v) is 6.13. The molecule has 0 radical (unpaired) electrons. The number of hydrogen-bond donors (Lipinski definition) is 0. The summed E-state index contributed by atoms with van der Waals surface area (Å²) in [6, 6.07) is 16.6. The zero-order valence-corrected chi connectivity index (χ0v) is 16.0. The number of carbonyl (C=O) groups excluding carboxylic acids is 1. The normalized spacial score (nSPS) is 23.1. The monoisotopic (exact) mass is 368 g/mol. The number of benzene rings is 2. The molecular weight excluding hydrogens is 344 g/mol. The van der Waals surface area contributed by atoms with Gasteiger partial charge in [0.25, 0.3) is 5.91 Å². The van der Waals surface area contributed by atoms with Gasteiger partial charge < -0.3 is 4.90 Å². The number of nitrogens with zero attached hydrogens (tertiary/aromatic N) is 2. The van der Waals surface area contributed by atoms with E-state index in [1.807, 2.05) is 25.1 Å². The van der Waals surface area contributed by atoms with Gasteiger partial charge in [-0.25, -0.2) is 0 Å². The Morgan fingerprint density at radius 3 is 2.65 bits per heavy atom. The highest BCUT2D eigenvalue weighted by Crippen LogP contribution is 2.30. The molecule has 0 aromatic heterocycles. The molecule has 5 rings (SSSR count). The van der Waals surface area contributed by atoms with Crippen LogP contribution in [0.4, 0.5) is 0 Å². The molecule has 2 atom stereocenters. The van der Waals surface area contributed by atoms with Crippen molar-refractivity contribution in [2.24, 2.45) is 5.92 Å². The molecule has 3 nitrogen and oxygen atoms in total. The highest BCUT2D eigenvalue weighted by Gasteiger charge is 2.37. The van der Waals surface area contributed by atoms with Crippen LogP contribution in [-0.4, -0.2) is 41.4 Å². The molecule has 0 N–H and O–H groups in total. The number of piperidine rings is 1. The van der Waals surface area contributed by atoms with Gasteiger partial charge in [0.15, 0.2) is 0 Å². The van der Waals surface area contributed by atoms with E-state index >= 15 is 0 Å². The zero-order valence-electron chi connectivity index (χ0n) is 15.2.